The third-order valence-electron chi connectivity index (χ3n) is 1.62. The standard InChI is InChI=1S/C10H9NO3/c1-3-6-14-10-7-8(2)4-5-9(10)11(12)13/h1,4-5,7H,6H2,2H3. The Morgan fingerprint density at radius 2 is 2.36 bits per heavy atom. The third-order valence-corrected chi connectivity index (χ3v) is 1.62. The van der Waals surface area contributed by atoms with E-state index in [2.05, 4.69) is 5.92 Å². The molecular formula is C10H9NO3. The van der Waals surface area contributed by atoms with Crippen LogP contribution in [0.5, 0.6) is 5.75 Å². The van der Waals surface area contributed by atoms with Gasteiger partial charge in [-0.1, -0.05) is 12.0 Å². The highest BCUT2D eigenvalue weighted by Gasteiger charge is 2.13. The molecule has 1 aromatic rings. The van der Waals surface area contributed by atoms with E-state index in [1.54, 1.807) is 12.1 Å². The van der Waals surface area contributed by atoms with E-state index < -0.39 is 4.92 Å². The summed E-state index contributed by atoms with van der Waals surface area (Å²) in [4.78, 5) is 10.1. The highest BCUT2D eigenvalue weighted by molar-refractivity contribution is 5.48. The Bertz CT molecular complexity index is 393. The Morgan fingerprint density at radius 1 is 1.64 bits per heavy atom. The van der Waals surface area contributed by atoms with E-state index in [1.165, 1.54) is 6.07 Å². The lowest BCUT2D eigenvalue weighted by molar-refractivity contribution is -0.385. The second-order valence-corrected chi connectivity index (χ2v) is 2.72. The van der Waals surface area contributed by atoms with Crippen molar-refractivity contribution in [3.05, 3.63) is 33.9 Å². The number of benzene rings is 1. The van der Waals surface area contributed by atoms with Crippen LogP contribution in [0.1, 0.15) is 5.56 Å². The number of nitro groups is 1. The molecule has 72 valence electrons. The minimum absolute atomic E-state index is 0.0320. The summed E-state index contributed by atoms with van der Waals surface area (Å²) in [6.07, 6.45) is 5.00. The van der Waals surface area contributed by atoms with Crippen molar-refractivity contribution in [3.63, 3.8) is 0 Å². The number of hydrogen-bond acceptors (Lipinski definition) is 3. The molecular weight excluding hydrogens is 182 g/mol. The summed E-state index contributed by atoms with van der Waals surface area (Å²) < 4.78 is 5.05. The van der Waals surface area contributed by atoms with E-state index >= 15 is 0 Å². The van der Waals surface area contributed by atoms with E-state index in [1.807, 2.05) is 6.92 Å². The fraction of sp³-hybridized carbons (Fsp3) is 0.200. The molecule has 4 nitrogen and oxygen atoms in total. The van der Waals surface area contributed by atoms with Gasteiger partial charge in [-0.15, -0.1) is 6.42 Å². The van der Waals surface area contributed by atoms with Crippen LogP contribution in [0.4, 0.5) is 5.69 Å². The van der Waals surface area contributed by atoms with Gasteiger partial charge in [0.1, 0.15) is 6.61 Å². The molecule has 0 bridgehead atoms. The van der Waals surface area contributed by atoms with E-state index in [0.29, 0.717) is 0 Å². The number of aryl methyl sites for hydroxylation is 1. The van der Waals surface area contributed by atoms with Gasteiger partial charge in [-0.3, -0.25) is 10.1 Å². The van der Waals surface area contributed by atoms with Gasteiger partial charge in [0.05, 0.1) is 4.92 Å². The lowest BCUT2D eigenvalue weighted by atomic mass is 10.2. The molecule has 0 aliphatic rings. The molecule has 1 rings (SSSR count). The second-order valence-electron chi connectivity index (χ2n) is 2.72. The van der Waals surface area contributed by atoms with Gasteiger partial charge < -0.3 is 4.74 Å². The predicted molar refractivity (Wildman–Crippen MR) is 52.2 cm³/mol. The summed E-state index contributed by atoms with van der Waals surface area (Å²) in [5, 5.41) is 10.6. The van der Waals surface area contributed by atoms with Gasteiger partial charge in [0.15, 0.2) is 5.75 Å². The van der Waals surface area contributed by atoms with Gasteiger partial charge in [-0.2, -0.15) is 0 Å². The summed E-state index contributed by atoms with van der Waals surface area (Å²) >= 11 is 0. The minimum atomic E-state index is -0.495. The number of hydrogen-bond donors (Lipinski definition) is 0. The molecule has 0 aliphatic heterocycles. The number of terminal acetylenes is 1. The largest absolute Gasteiger partial charge is 0.474 e. The molecule has 0 spiro atoms. The number of rotatable bonds is 3. The smallest absolute Gasteiger partial charge is 0.310 e. The molecule has 0 fully saturated rings. The van der Waals surface area contributed by atoms with E-state index in [9.17, 15) is 10.1 Å². The molecule has 0 radical (unpaired) electrons. The van der Waals surface area contributed by atoms with Crippen LogP contribution in [0.3, 0.4) is 0 Å². The molecule has 0 unspecified atom stereocenters. The van der Waals surface area contributed by atoms with Crippen LogP contribution >= 0.6 is 0 Å². The normalized spacial score (nSPS) is 9.14. The maximum atomic E-state index is 10.6. The molecule has 0 amide bonds. The average molecular weight is 191 g/mol. The summed E-state index contributed by atoms with van der Waals surface area (Å²) in [6.45, 7) is 1.86. The Morgan fingerprint density at radius 3 is 2.93 bits per heavy atom. The maximum absolute atomic E-state index is 10.6. The Kier molecular flexibility index (Phi) is 3.08. The van der Waals surface area contributed by atoms with Crippen molar-refractivity contribution < 1.29 is 9.66 Å². The second kappa shape index (κ2) is 4.28. The van der Waals surface area contributed by atoms with Crippen LogP contribution in [0.25, 0.3) is 0 Å². The van der Waals surface area contributed by atoms with E-state index in [-0.39, 0.29) is 18.0 Å². The Labute approximate surface area is 81.7 Å². The maximum Gasteiger partial charge on any atom is 0.310 e. The molecule has 0 N–H and O–H groups in total. The van der Waals surface area contributed by atoms with Gasteiger partial charge in [-0.05, 0) is 18.6 Å². The average Bonchev–Trinajstić information content (AvgIpc) is 2.14. The minimum Gasteiger partial charge on any atom is -0.474 e. The topological polar surface area (TPSA) is 52.4 Å². The Balaban J connectivity index is 3.04. The van der Waals surface area contributed by atoms with Crippen LogP contribution in [0, 0.1) is 29.4 Å². The van der Waals surface area contributed by atoms with Crippen molar-refractivity contribution >= 4 is 5.69 Å². The number of nitro benzene ring substituents is 1. The summed E-state index contributed by atoms with van der Waals surface area (Å²) in [5.74, 6) is 2.47. The number of nitrogens with zero attached hydrogens (tertiary/aromatic N) is 1. The lowest BCUT2D eigenvalue weighted by Gasteiger charge is -2.03. The number of ether oxygens (including phenoxy) is 1. The summed E-state index contributed by atoms with van der Waals surface area (Å²) in [5.41, 5.74) is 0.827. The Hall–Kier alpha value is -2.02. The monoisotopic (exact) mass is 191 g/mol. The van der Waals surface area contributed by atoms with Gasteiger partial charge >= 0.3 is 5.69 Å². The molecule has 1 aromatic carbocycles. The van der Waals surface area contributed by atoms with Crippen LogP contribution in [-0.2, 0) is 0 Å². The van der Waals surface area contributed by atoms with Gasteiger partial charge in [-0.25, -0.2) is 0 Å². The first-order valence-corrected chi connectivity index (χ1v) is 3.96. The van der Waals surface area contributed by atoms with Crippen molar-refractivity contribution in [2.45, 2.75) is 6.92 Å². The van der Waals surface area contributed by atoms with Gasteiger partial charge in [0.2, 0.25) is 0 Å². The van der Waals surface area contributed by atoms with Crippen LogP contribution in [-0.4, -0.2) is 11.5 Å². The quantitative estimate of drug-likeness (QED) is 0.416. The lowest BCUT2D eigenvalue weighted by Crippen LogP contribution is -1.98. The van der Waals surface area contributed by atoms with Gasteiger partial charge in [0, 0.05) is 6.07 Å². The first kappa shape index (κ1) is 10.1. The van der Waals surface area contributed by atoms with Crippen LogP contribution in [0.15, 0.2) is 18.2 Å². The zero-order valence-electron chi connectivity index (χ0n) is 7.69. The first-order valence-electron chi connectivity index (χ1n) is 3.96. The van der Waals surface area contributed by atoms with Crippen LogP contribution < -0.4 is 4.74 Å². The van der Waals surface area contributed by atoms with Gasteiger partial charge in [0.25, 0.3) is 0 Å². The molecule has 4 heteroatoms. The van der Waals surface area contributed by atoms with Crippen molar-refractivity contribution in [1.29, 1.82) is 0 Å². The zero-order chi connectivity index (χ0) is 10.6. The third kappa shape index (κ3) is 2.23. The van der Waals surface area contributed by atoms with E-state index in [0.717, 1.165) is 5.56 Å². The van der Waals surface area contributed by atoms with Crippen LogP contribution in [0.2, 0.25) is 0 Å². The summed E-state index contributed by atoms with van der Waals surface area (Å²) in [6, 6.07) is 4.65. The zero-order valence-corrected chi connectivity index (χ0v) is 7.69. The fourth-order valence-corrected chi connectivity index (χ4v) is 1.01. The fourth-order valence-electron chi connectivity index (χ4n) is 1.01. The highest BCUT2D eigenvalue weighted by atomic mass is 16.6. The first-order chi connectivity index (χ1) is 6.65. The molecule has 0 saturated carbocycles. The molecule has 0 saturated heterocycles. The molecule has 0 heterocycles. The molecule has 0 aliphatic carbocycles. The van der Waals surface area contributed by atoms with E-state index in [4.69, 9.17) is 11.2 Å². The van der Waals surface area contributed by atoms with Crippen molar-refractivity contribution in [2.75, 3.05) is 6.61 Å². The molecule has 14 heavy (non-hydrogen) atoms. The summed E-state index contributed by atoms with van der Waals surface area (Å²) in [7, 11) is 0. The van der Waals surface area contributed by atoms with Crippen molar-refractivity contribution in [2.24, 2.45) is 0 Å². The SMILES string of the molecule is C#CCOc1cc(C)ccc1[N+](=O)[O-]. The van der Waals surface area contributed by atoms with Crippen molar-refractivity contribution in [3.8, 4) is 18.1 Å². The predicted octanol–water partition coefficient (Wildman–Crippen LogP) is 1.92. The molecule has 0 atom stereocenters. The highest BCUT2D eigenvalue weighted by Crippen LogP contribution is 2.27. The molecule has 0 aromatic heterocycles. The van der Waals surface area contributed by atoms with Crippen molar-refractivity contribution in [1.82, 2.24) is 0 Å².